The van der Waals surface area contributed by atoms with Gasteiger partial charge < -0.3 is 20.3 Å². The third-order valence-corrected chi connectivity index (χ3v) is 3.87. The van der Waals surface area contributed by atoms with Crippen LogP contribution in [0.3, 0.4) is 0 Å². The van der Waals surface area contributed by atoms with Gasteiger partial charge in [-0.15, -0.1) is 0 Å². The summed E-state index contributed by atoms with van der Waals surface area (Å²) in [5, 5.41) is 5.68. The SMILES string of the molecule is CCN(CC)c1ccc(NC(=O)NCCCOc2ccccc2)cc1. The summed E-state index contributed by atoms with van der Waals surface area (Å²) in [7, 11) is 0. The Hall–Kier alpha value is -2.69. The molecule has 0 aromatic heterocycles. The lowest BCUT2D eigenvalue weighted by molar-refractivity contribution is 0.250. The van der Waals surface area contributed by atoms with E-state index in [1.54, 1.807) is 0 Å². The van der Waals surface area contributed by atoms with Crippen LogP contribution in [0.2, 0.25) is 0 Å². The van der Waals surface area contributed by atoms with Gasteiger partial charge in [-0.2, -0.15) is 0 Å². The summed E-state index contributed by atoms with van der Waals surface area (Å²) in [6.07, 6.45) is 0.753. The van der Waals surface area contributed by atoms with Gasteiger partial charge in [0.2, 0.25) is 0 Å². The molecule has 0 saturated carbocycles. The molecule has 2 aromatic rings. The minimum atomic E-state index is -0.199. The largest absolute Gasteiger partial charge is 0.494 e. The molecule has 5 heteroatoms. The zero-order valence-corrected chi connectivity index (χ0v) is 15.0. The number of nitrogens with one attached hydrogen (secondary N) is 2. The second-order valence-corrected chi connectivity index (χ2v) is 5.62. The number of urea groups is 1. The second-order valence-electron chi connectivity index (χ2n) is 5.62. The van der Waals surface area contributed by atoms with Gasteiger partial charge in [0, 0.05) is 31.0 Å². The summed E-state index contributed by atoms with van der Waals surface area (Å²) in [5.74, 6) is 0.847. The molecule has 25 heavy (non-hydrogen) atoms. The zero-order valence-electron chi connectivity index (χ0n) is 15.0. The lowest BCUT2D eigenvalue weighted by Crippen LogP contribution is -2.30. The van der Waals surface area contributed by atoms with Crippen LogP contribution >= 0.6 is 0 Å². The highest BCUT2D eigenvalue weighted by molar-refractivity contribution is 5.89. The van der Waals surface area contributed by atoms with Crippen LogP contribution in [0.1, 0.15) is 20.3 Å². The first-order chi connectivity index (χ1) is 12.2. The van der Waals surface area contributed by atoms with Crippen LogP contribution in [0, 0.1) is 0 Å². The van der Waals surface area contributed by atoms with Crippen molar-refractivity contribution in [2.24, 2.45) is 0 Å². The number of carbonyl (C=O) groups is 1. The van der Waals surface area contributed by atoms with Crippen molar-refractivity contribution in [2.45, 2.75) is 20.3 Å². The Morgan fingerprint density at radius 1 is 1.00 bits per heavy atom. The van der Waals surface area contributed by atoms with Crippen molar-refractivity contribution in [2.75, 3.05) is 36.5 Å². The molecule has 2 N–H and O–H groups in total. The predicted octanol–water partition coefficient (Wildman–Crippen LogP) is 4.12. The maximum Gasteiger partial charge on any atom is 0.319 e. The highest BCUT2D eigenvalue weighted by atomic mass is 16.5. The topological polar surface area (TPSA) is 53.6 Å². The smallest absolute Gasteiger partial charge is 0.319 e. The molecule has 0 bridgehead atoms. The lowest BCUT2D eigenvalue weighted by atomic mass is 10.2. The summed E-state index contributed by atoms with van der Waals surface area (Å²) in [5.41, 5.74) is 1.95. The van der Waals surface area contributed by atoms with Gasteiger partial charge in [-0.1, -0.05) is 18.2 Å². The van der Waals surface area contributed by atoms with E-state index in [1.807, 2.05) is 54.6 Å². The summed E-state index contributed by atoms with van der Waals surface area (Å²) in [6.45, 7) is 7.33. The van der Waals surface area contributed by atoms with E-state index in [4.69, 9.17) is 4.74 Å². The van der Waals surface area contributed by atoms with Gasteiger partial charge in [0.1, 0.15) is 5.75 Å². The van der Waals surface area contributed by atoms with E-state index in [0.717, 1.165) is 36.6 Å². The van der Waals surface area contributed by atoms with Gasteiger partial charge >= 0.3 is 6.03 Å². The van der Waals surface area contributed by atoms with Crippen molar-refractivity contribution in [3.8, 4) is 5.75 Å². The fraction of sp³-hybridized carbons (Fsp3) is 0.350. The van der Waals surface area contributed by atoms with Crippen LogP contribution in [0.15, 0.2) is 54.6 Å². The van der Waals surface area contributed by atoms with Gasteiger partial charge in [-0.25, -0.2) is 4.79 Å². The van der Waals surface area contributed by atoms with Gasteiger partial charge in [-0.05, 0) is 56.7 Å². The Kier molecular flexibility index (Phi) is 7.63. The quantitative estimate of drug-likeness (QED) is 0.675. The Bertz CT molecular complexity index is 625. The Morgan fingerprint density at radius 3 is 2.32 bits per heavy atom. The first kappa shape index (κ1) is 18.6. The Labute approximate surface area is 150 Å². The lowest BCUT2D eigenvalue weighted by Gasteiger charge is -2.21. The molecule has 2 amide bonds. The number of rotatable bonds is 9. The Morgan fingerprint density at radius 2 is 1.68 bits per heavy atom. The first-order valence-electron chi connectivity index (χ1n) is 8.80. The molecule has 0 fully saturated rings. The number of carbonyl (C=O) groups excluding carboxylic acids is 1. The highest BCUT2D eigenvalue weighted by Gasteiger charge is 2.04. The maximum absolute atomic E-state index is 11.9. The van der Waals surface area contributed by atoms with Gasteiger partial charge in [-0.3, -0.25) is 0 Å². The summed E-state index contributed by atoms with van der Waals surface area (Å²) in [6, 6.07) is 17.4. The van der Waals surface area contributed by atoms with Crippen molar-refractivity contribution in [3.05, 3.63) is 54.6 Å². The number of hydrogen-bond donors (Lipinski definition) is 2. The van der Waals surface area contributed by atoms with Crippen molar-refractivity contribution < 1.29 is 9.53 Å². The van der Waals surface area contributed by atoms with E-state index in [2.05, 4.69) is 29.4 Å². The fourth-order valence-electron chi connectivity index (χ4n) is 2.50. The van der Waals surface area contributed by atoms with E-state index < -0.39 is 0 Å². The molecular weight excluding hydrogens is 314 g/mol. The maximum atomic E-state index is 11.9. The molecule has 0 spiro atoms. The molecule has 0 saturated heterocycles. The van der Waals surface area contributed by atoms with Crippen molar-refractivity contribution in [1.29, 1.82) is 0 Å². The van der Waals surface area contributed by atoms with Crippen LogP contribution in [0.4, 0.5) is 16.2 Å². The van der Waals surface area contributed by atoms with E-state index in [9.17, 15) is 4.79 Å². The summed E-state index contributed by atoms with van der Waals surface area (Å²) >= 11 is 0. The summed E-state index contributed by atoms with van der Waals surface area (Å²) < 4.78 is 5.59. The van der Waals surface area contributed by atoms with Gasteiger partial charge in [0.05, 0.1) is 6.61 Å². The second kappa shape index (κ2) is 10.2. The zero-order chi connectivity index (χ0) is 17.9. The average molecular weight is 341 g/mol. The minimum Gasteiger partial charge on any atom is -0.494 e. The average Bonchev–Trinajstić information content (AvgIpc) is 2.65. The van der Waals surface area contributed by atoms with E-state index >= 15 is 0 Å². The van der Waals surface area contributed by atoms with Crippen LogP contribution in [-0.2, 0) is 0 Å². The summed E-state index contributed by atoms with van der Waals surface area (Å²) in [4.78, 5) is 14.2. The number of benzene rings is 2. The van der Waals surface area contributed by atoms with E-state index in [0.29, 0.717) is 13.2 Å². The molecule has 0 atom stereocenters. The van der Waals surface area contributed by atoms with E-state index in [1.165, 1.54) is 0 Å². The number of ether oxygens (including phenoxy) is 1. The molecular formula is C20H27N3O2. The number of amides is 2. The number of para-hydroxylation sites is 1. The number of anilines is 2. The van der Waals surface area contributed by atoms with Crippen molar-refractivity contribution in [1.82, 2.24) is 5.32 Å². The van der Waals surface area contributed by atoms with E-state index in [-0.39, 0.29) is 6.03 Å². The standard InChI is InChI=1S/C20H27N3O2/c1-3-23(4-2)18-13-11-17(12-14-18)22-20(24)21-15-8-16-25-19-9-6-5-7-10-19/h5-7,9-14H,3-4,8,15-16H2,1-2H3,(H2,21,22,24). The molecule has 0 radical (unpaired) electrons. The van der Waals surface area contributed by atoms with Gasteiger partial charge in [0.25, 0.3) is 0 Å². The van der Waals surface area contributed by atoms with Crippen LogP contribution in [-0.4, -0.2) is 32.3 Å². The molecule has 0 aliphatic rings. The third kappa shape index (κ3) is 6.37. The van der Waals surface area contributed by atoms with Crippen LogP contribution < -0.4 is 20.3 Å². The Balaban J connectivity index is 1.66. The molecule has 2 aromatic carbocycles. The molecule has 0 heterocycles. The minimum absolute atomic E-state index is 0.199. The third-order valence-electron chi connectivity index (χ3n) is 3.87. The molecule has 5 nitrogen and oxygen atoms in total. The molecule has 134 valence electrons. The molecule has 2 rings (SSSR count). The molecule has 0 unspecified atom stereocenters. The van der Waals surface area contributed by atoms with Crippen LogP contribution in [0.5, 0.6) is 5.75 Å². The highest BCUT2D eigenvalue weighted by Crippen LogP contribution is 2.17. The normalized spacial score (nSPS) is 10.2. The monoisotopic (exact) mass is 341 g/mol. The van der Waals surface area contributed by atoms with Crippen molar-refractivity contribution >= 4 is 17.4 Å². The van der Waals surface area contributed by atoms with Crippen molar-refractivity contribution in [3.63, 3.8) is 0 Å². The number of hydrogen-bond acceptors (Lipinski definition) is 3. The molecule has 0 aliphatic carbocycles. The first-order valence-corrected chi connectivity index (χ1v) is 8.80. The van der Waals surface area contributed by atoms with Crippen LogP contribution in [0.25, 0.3) is 0 Å². The fourth-order valence-corrected chi connectivity index (χ4v) is 2.50. The number of nitrogens with zero attached hydrogens (tertiary/aromatic N) is 1. The van der Waals surface area contributed by atoms with Gasteiger partial charge in [0.15, 0.2) is 0 Å². The molecule has 0 aliphatic heterocycles. The predicted molar refractivity (Wildman–Crippen MR) is 104 cm³/mol.